The van der Waals surface area contributed by atoms with Crippen LogP contribution in [0.1, 0.15) is 15.3 Å². The van der Waals surface area contributed by atoms with Gasteiger partial charge in [-0.1, -0.05) is 6.07 Å². The average Bonchev–Trinajstić information content (AvgIpc) is 2.91. The third-order valence-electron chi connectivity index (χ3n) is 3.52. The van der Waals surface area contributed by atoms with Crippen LogP contribution in [0.5, 0.6) is 5.75 Å². The Hall–Kier alpha value is -2.01. The van der Waals surface area contributed by atoms with Gasteiger partial charge in [0.25, 0.3) is 0 Å². The maximum Gasteiger partial charge on any atom is 0.201 e. The van der Waals surface area contributed by atoms with Crippen molar-refractivity contribution in [2.24, 2.45) is 0 Å². The summed E-state index contributed by atoms with van der Waals surface area (Å²) in [6, 6.07) is 8.10. The molecule has 0 unspecified atom stereocenters. The Labute approximate surface area is 121 Å². The lowest BCUT2D eigenvalue weighted by Crippen LogP contribution is -2.03. The van der Waals surface area contributed by atoms with Crippen molar-refractivity contribution in [2.45, 2.75) is 20.4 Å². The summed E-state index contributed by atoms with van der Waals surface area (Å²) in [4.78, 5) is 7.06. The molecule has 0 amide bonds. The number of nitrogens with two attached hydrogens (primary N) is 1. The van der Waals surface area contributed by atoms with Gasteiger partial charge in [0, 0.05) is 9.75 Å². The van der Waals surface area contributed by atoms with Gasteiger partial charge in [-0.2, -0.15) is 0 Å². The Bertz CT molecular complexity index is 753. The fourth-order valence-corrected chi connectivity index (χ4v) is 3.40. The number of ether oxygens (including phenoxy) is 1. The lowest BCUT2D eigenvalue weighted by molar-refractivity contribution is 0.419. The molecule has 0 bridgehead atoms. The van der Waals surface area contributed by atoms with Crippen molar-refractivity contribution in [1.82, 2.24) is 9.55 Å². The topological polar surface area (TPSA) is 53.1 Å². The zero-order valence-corrected chi connectivity index (χ0v) is 12.6. The predicted molar refractivity (Wildman–Crippen MR) is 83.6 cm³/mol. The molecule has 0 atom stereocenters. The first kappa shape index (κ1) is 13.0. The quantitative estimate of drug-likeness (QED) is 0.803. The summed E-state index contributed by atoms with van der Waals surface area (Å²) in [6.45, 7) is 5.02. The monoisotopic (exact) mass is 287 g/mol. The van der Waals surface area contributed by atoms with E-state index < -0.39 is 0 Å². The minimum Gasteiger partial charge on any atom is -0.494 e. The number of rotatable bonds is 3. The highest BCUT2D eigenvalue weighted by Crippen LogP contribution is 2.29. The number of imidazole rings is 1. The number of methoxy groups -OCH3 is 1. The fourth-order valence-electron chi connectivity index (χ4n) is 2.35. The molecule has 0 radical (unpaired) electrons. The second kappa shape index (κ2) is 4.83. The zero-order chi connectivity index (χ0) is 14.3. The third-order valence-corrected chi connectivity index (χ3v) is 4.66. The van der Waals surface area contributed by atoms with Crippen molar-refractivity contribution < 1.29 is 4.74 Å². The molecule has 0 aliphatic carbocycles. The van der Waals surface area contributed by atoms with Crippen LogP contribution in [0.25, 0.3) is 11.0 Å². The molecule has 0 aliphatic heterocycles. The van der Waals surface area contributed by atoms with Gasteiger partial charge in [0.05, 0.1) is 19.2 Å². The molecule has 1 aromatic carbocycles. The van der Waals surface area contributed by atoms with Crippen molar-refractivity contribution in [2.75, 3.05) is 12.8 Å². The summed E-state index contributed by atoms with van der Waals surface area (Å²) in [5.41, 5.74) is 9.22. The third kappa shape index (κ3) is 2.04. The van der Waals surface area contributed by atoms with Gasteiger partial charge in [-0.15, -0.1) is 11.3 Å². The van der Waals surface area contributed by atoms with Gasteiger partial charge < -0.3 is 15.0 Å². The van der Waals surface area contributed by atoms with E-state index in [-0.39, 0.29) is 0 Å². The van der Waals surface area contributed by atoms with Crippen molar-refractivity contribution in [3.8, 4) is 5.75 Å². The number of hydrogen-bond acceptors (Lipinski definition) is 4. The fraction of sp³-hybridized carbons (Fsp3) is 0.267. The Morgan fingerprint density at radius 1 is 1.35 bits per heavy atom. The largest absolute Gasteiger partial charge is 0.494 e. The van der Waals surface area contributed by atoms with Crippen LogP contribution in [0.2, 0.25) is 0 Å². The number of para-hydroxylation sites is 1. The normalized spacial score (nSPS) is 11.2. The summed E-state index contributed by atoms with van der Waals surface area (Å²) in [5.74, 6) is 1.28. The summed E-state index contributed by atoms with van der Waals surface area (Å²) < 4.78 is 7.37. The van der Waals surface area contributed by atoms with Crippen LogP contribution in [0.15, 0.2) is 24.3 Å². The van der Waals surface area contributed by atoms with Crippen LogP contribution in [0.3, 0.4) is 0 Å². The van der Waals surface area contributed by atoms with Crippen LogP contribution in [0.4, 0.5) is 5.95 Å². The number of hydrogen-bond donors (Lipinski definition) is 1. The summed E-state index contributed by atoms with van der Waals surface area (Å²) in [6.07, 6.45) is 0. The molecule has 3 aromatic rings. The van der Waals surface area contributed by atoms with Crippen molar-refractivity contribution in [3.05, 3.63) is 39.6 Å². The number of anilines is 1. The van der Waals surface area contributed by atoms with Crippen molar-refractivity contribution in [1.29, 1.82) is 0 Å². The van der Waals surface area contributed by atoms with Crippen LogP contribution in [-0.2, 0) is 6.54 Å². The lowest BCUT2D eigenvalue weighted by atomic mass is 10.2. The summed E-state index contributed by atoms with van der Waals surface area (Å²) >= 11 is 1.80. The Balaban J connectivity index is 2.09. The highest BCUT2D eigenvalue weighted by atomic mass is 32.1. The minimum absolute atomic E-state index is 0.521. The van der Waals surface area contributed by atoms with Gasteiger partial charge in [-0.25, -0.2) is 4.98 Å². The number of nitrogens with zero attached hydrogens (tertiary/aromatic N) is 2. The van der Waals surface area contributed by atoms with Crippen LogP contribution in [-0.4, -0.2) is 16.7 Å². The predicted octanol–water partition coefficient (Wildman–Crippen LogP) is 3.35. The average molecular weight is 287 g/mol. The molecule has 5 heteroatoms. The van der Waals surface area contributed by atoms with E-state index in [0.717, 1.165) is 23.3 Å². The molecular formula is C15H17N3OS. The SMILES string of the molecule is COc1cccc2c1nc(N)n2Cc1cc(C)c(C)s1. The number of aromatic nitrogens is 2. The highest BCUT2D eigenvalue weighted by Gasteiger charge is 2.13. The highest BCUT2D eigenvalue weighted by molar-refractivity contribution is 7.12. The Kier molecular flexibility index (Phi) is 3.14. The van der Waals surface area contributed by atoms with Crippen molar-refractivity contribution in [3.63, 3.8) is 0 Å². The first-order valence-corrected chi connectivity index (χ1v) is 7.26. The summed E-state index contributed by atoms with van der Waals surface area (Å²) in [7, 11) is 1.65. The number of fused-ring (bicyclic) bond motifs is 1. The molecule has 3 rings (SSSR count). The van der Waals surface area contributed by atoms with E-state index in [0.29, 0.717) is 5.95 Å². The molecule has 0 fully saturated rings. The van der Waals surface area contributed by atoms with Crippen LogP contribution in [0, 0.1) is 13.8 Å². The molecule has 20 heavy (non-hydrogen) atoms. The van der Waals surface area contributed by atoms with E-state index >= 15 is 0 Å². The second-order valence-corrected chi connectivity index (χ2v) is 6.18. The first-order valence-electron chi connectivity index (χ1n) is 6.44. The molecule has 2 N–H and O–H groups in total. The first-order chi connectivity index (χ1) is 9.60. The van der Waals surface area contributed by atoms with E-state index in [9.17, 15) is 0 Å². The van der Waals surface area contributed by atoms with E-state index in [1.807, 2.05) is 22.8 Å². The molecule has 0 saturated heterocycles. The number of aryl methyl sites for hydroxylation is 2. The smallest absolute Gasteiger partial charge is 0.201 e. The second-order valence-electron chi connectivity index (χ2n) is 4.84. The van der Waals surface area contributed by atoms with Crippen LogP contribution < -0.4 is 10.5 Å². The Morgan fingerprint density at radius 2 is 2.15 bits per heavy atom. The molecule has 104 valence electrons. The number of benzene rings is 1. The molecule has 0 aliphatic rings. The minimum atomic E-state index is 0.521. The zero-order valence-electron chi connectivity index (χ0n) is 11.8. The van der Waals surface area contributed by atoms with E-state index in [4.69, 9.17) is 10.5 Å². The molecule has 2 aromatic heterocycles. The molecular weight excluding hydrogens is 270 g/mol. The maximum atomic E-state index is 6.07. The Morgan fingerprint density at radius 3 is 2.80 bits per heavy atom. The van der Waals surface area contributed by atoms with Gasteiger partial charge in [0.15, 0.2) is 0 Å². The number of nitrogen functional groups attached to an aromatic ring is 1. The van der Waals surface area contributed by atoms with Crippen LogP contribution >= 0.6 is 11.3 Å². The standard InChI is InChI=1S/C15H17N3OS/c1-9-7-11(20-10(9)2)8-18-12-5-4-6-13(19-3)14(12)17-15(18)16/h4-7H,8H2,1-3H3,(H2,16,17). The molecule has 0 spiro atoms. The number of thiophene rings is 1. The van der Waals surface area contributed by atoms with Gasteiger partial charge in [0.2, 0.25) is 5.95 Å². The summed E-state index contributed by atoms with van der Waals surface area (Å²) in [5, 5.41) is 0. The van der Waals surface area contributed by atoms with Gasteiger partial charge in [-0.05, 0) is 37.6 Å². The van der Waals surface area contributed by atoms with Gasteiger partial charge in [-0.3, -0.25) is 0 Å². The van der Waals surface area contributed by atoms with Gasteiger partial charge >= 0.3 is 0 Å². The molecule has 4 nitrogen and oxygen atoms in total. The van der Waals surface area contributed by atoms with E-state index in [1.54, 1.807) is 18.4 Å². The lowest BCUT2D eigenvalue weighted by Gasteiger charge is -2.05. The van der Waals surface area contributed by atoms with E-state index in [2.05, 4.69) is 24.9 Å². The van der Waals surface area contributed by atoms with E-state index in [1.165, 1.54) is 15.3 Å². The van der Waals surface area contributed by atoms with Crippen molar-refractivity contribution >= 4 is 28.3 Å². The van der Waals surface area contributed by atoms with Gasteiger partial charge in [0.1, 0.15) is 11.3 Å². The molecule has 2 heterocycles. The molecule has 0 saturated carbocycles. The maximum absolute atomic E-state index is 6.07.